The Balaban J connectivity index is 2.34. The first-order valence-electron chi connectivity index (χ1n) is 6.78. The lowest BCUT2D eigenvalue weighted by Crippen LogP contribution is -2.25. The van der Waals surface area contributed by atoms with Crippen LogP contribution >= 0.6 is 11.6 Å². The van der Waals surface area contributed by atoms with E-state index in [0.29, 0.717) is 23.1 Å². The van der Waals surface area contributed by atoms with Crippen LogP contribution in [-0.4, -0.2) is 37.2 Å². The Morgan fingerprint density at radius 2 is 2.15 bits per heavy atom. The van der Waals surface area contributed by atoms with Crippen LogP contribution in [0.25, 0.3) is 0 Å². The molecule has 0 saturated heterocycles. The minimum atomic E-state index is -0.143. The van der Waals surface area contributed by atoms with Crippen LogP contribution in [0, 0.1) is 0 Å². The van der Waals surface area contributed by atoms with Gasteiger partial charge in [-0.2, -0.15) is 0 Å². The van der Waals surface area contributed by atoms with Crippen LogP contribution in [0.3, 0.4) is 0 Å². The minimum absolute atomic E-state index is 0.143. The molecule has 1 amide bonds. The summed E-state index contributed by atoms with van der Waals surface area (Å²) in [6, 6.07) is 3.22. The molecule has 0 saturated carbocycles. The molecule has 2 N–H and O–H groups in total. The lowest BCUT2D eigenvalue weighted by molar-refractivity contribution is 0.0754. The summed E-state index contributed by atoms with van der Waals surface area (Å²) in [7, 11) is 1.73. The monoisotopic (exact) mass is 299 g/mol. The van der Waals surface area contributed by atoms with Gasteiger partial charge in [0.15, 0.2) is 0 Å². The molecule has 20 heavy (non-hydrogen) atoms. The van der Waals surface area contributed by atoms with Gasteiger partial charge >= 0.3 is 0 Å². The standard InChI is InChI=1S/C14H22ClN3O2/c1-10(2)20-7-5-4-6-17-14(19)11-8-12(15)18-13(9-11)16-3/h8-10H,4-7H2,1-3H3,(H,16,18)(H,17,19). The third-order valence-electron chi connectivity index (χ3n) is 2.62. The molecule has 0 unspecified atom stereocenters. The summed E-state index contributed by atoms with van der Waals surface area (Å²) in [5, 5.41) is 6.02. The van der Waals surface area contributed by atoms with Crippen LogP contribution in [-0.2, 0) is 4.74 Å². The maximum Gasteiger partial charge on any atom is 0.251 e. The summed E-state index contributed by atoms with van der Waals surface area (Å²) in [4.78, 5) is 16.0. The van der Waals surface area contributed by atoms with E-state index in [2.05, 4.69) is 15.6 Å². The maximum atomic E-state index is 11.9. The Morgan fingerprint density at radius 1 is 1.40 bits per heavy atom. The number of unbranched alkanes of at least 4 members (excludes halogenated alkanes) is 1. The molecule has 1 heterocycles. The van der Waals surface area contributed by atoms with Crippen LogP contribution in [0.2, 0.25) is 5.15 Å². The second kappa shape index (κ2) is 8.76. The van der Waals surface area contributed by atoms with Gasteiger partial charge < -0.3 is 15.4 Å². The van der Waals surface area contributed by atoms with Crippen LogP contribution in [0.1, 0.15) is 37.0 Å². The van der Waals surface area contributed by atoms with E-state index < -0.39 is 0 Å². The van der Waals surface area contributed by atoms with E-state index in [0.717, 1.165) is 19.4 Å². The molecule has 0 fully saturated rings. The largest absolute Gasteiger partial charge is 0.379 e. The fraction of sp³-hybridized carbons (Fsp3) is 0.571. The molecule has 6 heteroatoms. The van der Waals surface area contributed by atoms with E-state index in [1.807, 2.05) is 13.8 Å². The summed E-state index contributed by atoms with van der Waals surface area (Å²) >= 11 is 5.86. The van der Waals surface area contributed by atoms with Crippen molar-refractivity contribution in [2.45, 2.75) is 32.8 Å². The number of rotatable bonds is 8. The second-order valence-corrected chi connectivity index (χ2v) is 5.08. The number of halogens is 1. The predicted molar refractivity (Wildman–Crippen MR) is 81.4 cm³/mol. The summed E-state index contributed by atoms with van der Waals surface area (Å²) < 4.78 is 5.43. The zero-order valence-corrected chi connectivity index (χ0v) is 13.0. The fourth-order valence-electron chi connectivity index (χ4n) is 1.61. The smallest absolute Gasteiger partial charge is 0.251 e. The summed E-state index contributed by atoms with van der Waals surface area (Å²) in [5.41, 5.74) is 0.507. The molecular weight excluding hydrogens is 278 g/mol. The average Bonchev–Trinajstić information content (AvgIpc) is 2.41. The zero-order valence-electron chi connectivity index (χ0n) is 12.2. The van der Waals surface area contributed by atoms with Gasteiger partial charge in [0, 0.05) is 25.8 Å². The van der Waals surface area contributed by atoms with Gasteiger partial charge in [0.2, 0.25) is 0 Å². The first kappa shape index (κ1) is 16.7. The SMILES string of the molecule is CNc1cc(C(=O)NCCCCOC(C)C)cc(Cl)n1. The van der Waals surface area contributed by atoms with Crippen molar-refractivity contribution in [2.24, 2.45) is 0 Å². The molecule has 0 aliphatic rings. The molecule has 1 aromatic heterocycles. The molecule has 0 bridgehead atoms. The summed E-state index contributed by atoms with van der Waals surface area (Å²) in [6.45, 7) is 5.36. The Kier molecular flexibility index (Phi) is 7.33. The van der Waals surface area contributed by atoms with Crippen molar-refractivity contribution in [1.82, 2.24) is 10.3 Å². The lowest BCUT2D eigenvalue weighted by Gasteiger charge is -2.09. The van der Waals surface area contributed by atoms with E-state index in [9.17, 15) is 4.79 Å². The zero-order chi connectivity index (χ0) is 15.0. The van der Waals surface area contributed by atoms with E-state index in [-0.39, 0.29) is 12.0 Å². The van der Waals surface area contributed by atoms with Gasteiger partial charge in [0.05, 0.1) is 6.10 Å². The van der Waals surface area contributed by atoms with Crippen molar-refractivity contribution in [3.05, 3.63) is 22.8 Å². The Hall–Kier alpha value is -1.33. The van der Waals surface area contributed by atoms with Crippen LogP contribution in [0.4, 0.5) is 5.82 Å². The Bertz CT molecular complexity index is 438. The Morgan fingerprint density at radius 3 is 2.80 bits per heavy atom. The highest BCUT2D eigenvalue weighted by atomic mass is 35.5. The molecule has 0 atom stereocenters. The van der Waals surface area contributed by atoms with Crippen molar-refractivity contribution in [3.8, 4) is 0 Å². The molecule has 5 nitrogen and oxygen atoms in total. The van der Waals surface area contributed by atoms with E-state index in [1.54, 1.807) is 19.2 Å². The van der Waals surface area contributed by atoms with Gasteiger partial charge in [-0.05, 0) is 38.8 Å². The molecular formula is C14H22ClN3O2. The van der Waals surface area contributed by atoms with Crippen LogP contribution in [0.15, 0.2) is 12.1 Å². The average molecular weight is 300 g/mol. The molecule has 0 aliphatic heterocycles. The van der Waals surface area contributed by atoms with E-state index >= 15 is 0 Å². The number of hydrogen-bond acceptors (Lipinski definition) is 4. The predicted octanol–water partition coefficient (Wildman–Crippen LogP) is 2.71. The number of ether oxygens (including phenoxy) is 1. The summed E-state index contributed by atoms with van der Waals surface area (Å²) in [6.07, 6.45) is 2.07. The van der Waals surface area contributed by atoms with E-state index in [4.69, 9.17) is 16.3 Å². The first-order chi connectivity index (χ1) is 9.52. The number of hydrogen-bond donors (Lipinski definition) is 2. The molecule has 0 radical (unpaired) electrons. The number of anilines is 1. The van der Waals surface area contributed by atoms with Crippen molar-refractivity contribution in [2.75, 3.05) is 25.5 Å². The Labute approximate surface area is 125 Å². The van der Waals surface area contributed by atoms with E-state index in [1.165, 1.54) is 0 Å². The minimum Gasteiger partial charge on any atom is -0.379 e. The van der Waals surface area contributed by atoms with Gasteiger partial charge in [-0.3, -0.25) is 4.79 Å². The number of nitrogens with one attached hydrogen (secondary N) is 2. The third-order valence-corrected chi connectivity index (χ3v) is 2.81. The highest BCUT2D eigenvalue weighted by Gasteiger charge is 2.08. The number of carbonyl (C=O) groups is 1. The van der Waals surface area contributed by atoms with Crippen LogP contribution < -0.4 is 10.6 Å². The van der Waals surface area contributed by atoms with Gasteiger partial charge in [-0.25, -0.2) is 4.98 Å². The number of nitrogens with zero attached hydrogens (tertiary/aromatic N) is 1. The van der Waals surface area contributed by atoms with Gasteiger partial charge in [0.1, 0.15) is 11.0 Å². The molecule has 0 aromatic carbocycles. The number of pyridine rings is 1. The second-order valence-electron chi connectivity index (χ2n) is 4.70. The normalized spacial score (nSPS) is 10.7. The van der Waals surface area contributed by atoms with Gasteiger partial charge in [-0.15, -0.1) is 0 Å². The topological polar surface area (TPSA) is 63.2 Å². The summed E-state index contributed by atoms with van der Waals surface area (Å²) in [5.74, 6) is 0.434. The third kappa shape index (κ3) is 6.21. The molecule has 1 rings (SSSR count). The highest BCUT2D eigenvalue weighted by molar-refractivity contribution is 6.29. The molecule has 112 valence electrons. The lowest BCUT2D eigenvalue weighted by atomic mass is 10.2. The van der Waals surface area contributed by atoms with Crippen molar-refractivity contribution in [1.29, 1.82) is 0 Å². The van der Waals surface area contributed by atoms with Gasteiger partial charge in [-0.1, -0.05) is 11.6 Å². The fourth-order valence-corrected chi connectivity index (χ4v) is 1.81. The van der Waals surface area contributed by atoms with Crippen molar-refractivity contribution >= 4 is 23.3 Å². The maximum absolute atomic E-state index is 11.9. The molecule has 0 spiro atoms. The number of carbonyl (C=O) groups excluding carboxylic acids is 1. The van der Waals surface area contributed by atoms with Crippen molar-refractivity contribution in [3.63, 3.8) is 0 Å². The number of aromatic nitrogens is 1. The molecule has 1 aromatic rings. The first-order valence-corrected chi connectivity index (χ1v) is 7.16. The highest BCUT2D eigenvalue weighted by Crippen LogP contribution is 2.13. The van der Waals surface area contributed by atoms with Crippen molar-refractivity contribution < 1.29 is 9.53 Å². The molecule has 0 aliphatic carbocycles. The van der Waals surface area contributed by atoms with Gasteiger partial charge in [0.25, 0.3) is 5.91 Å². The quantitative estimate of drug-likeness (QED) is 0.572. The van der Waals surface area contributed by atoms with Crippen LogP contribution in [0.5, 0.6) is 0 Å². The number of amides is 1.